The second-order valence-electron chi connectivity index (χ2n) is 4.65. The van der Waals surface area contributed by atoms with Gasteiger partial charge in [0, 0.05) is 23.4 Å². The highest BCUT2D eigenvalue weighted by Crippen LogP contribution is 2.17. The van der Waals surface area contributed by atoms with Crippen LogP contribution in [-0.4, -0.2) is 17.0 Å². The van der Waals surface area contributed by atoms with Gasteiger partial charge in [-0.05, 0) is 38.1 Å². The van der Waals surface area contributed by atoms with Crippen LogP contribution in [0.25, 0.3) is 0 Å². The van der Waals surface area contributed by atoms with Crippen LogP contribution in [0.5, 0.6) is 5.75 Å². The summed E-state index contributed by atoms with van der Waals surface area (Å²) in [5.74, 6) is -2.03. The Hall–Kier alpha value is -2.50. The second-order valence-corrected chi connectivity index (χ2v) is 4.65. The minimum absolute atomic E-state index is 0.0493. The lowest BCUT2D eigenvalue weighted by molar-refractivity contribution is 0.102. The Bertz CT molecular complexity index is 622. The van der Waals surface area contributed by atoms with E-state index in [1.807, 2.05) is 13.8 Å². The van der Waals surface area contributed by atoms with E-state index in [-0.39, 0.29) is 11.7 Å². The maximum absolute atomic E-state index is 13.0. The molecule has 2 rings (SSSR count). The average Bonchev–Trinajstić information content (AvgIpc) is 2.39. The van der Waals surface area contributed by atoms with Crippen molar-refractivity contribution in [2.24, 2.45) is 0 Å². The fourth-order valence-electron chi connectivity index (χ4n) is 1.69. The SMILES string of the molecule is CC(C)Oc1ccc(NC(=O)c2cc(F)nc(F)c2)cc1. The van der Waals surface area contributed by atoms with E-state index in [9.17, 15) is 13.6 Å². The predicted octanol–water partition coefficient (Wildman–Crippen LogP) is 3.40. The van der Waals surface area contributed by atoms with Crippen molar-refractivity contribution in [3.63, 3.8) is 0 Å². The zero-order valence-electron chi connectivity index (χ0n) is 11.6. The third-order valence-corrected chi connectivity index (χ3v) is 2.51. The van der Waals surface area contributed by atoms with Crippen molar-refractivity contribution in [2.75, 3.05) is 5.32 Å². The summed E-state index contributed by atoms with van der Waals surface area (Å²) in [5, 5.41) is 2.54. The van der Waals surface area contributed by atoms with E-state index in [0.29, 0.717) is 11.4 Å². The number of carbonyl (C=O) groups excluding carboxylic acids is 1. The van der Waals surface area contributed by atoms with Crippen molar-refractivity contribution in [3.8, 4) is 5.75 Å². The van der Waals surface area contributed by atoms with Crippen LogP contribution in [0.3, 0.4) is 0 Å². The Kier molecular flexibility index (Phi) is 4.47. The van der Waals surface area contributed by atoms with Gasteiger partial charge >= 0.3 is 0 Å². The number of carbonyl (C=O) groups is 1. The van der Waals surface area contributed by atoms with E-state index in [4.69, 9.17) is 4.74 Å². The van der Waals surface area contributed by atoms with Crippen molar-refractivity contribution in [1.29, 1.82) is 0 Å². The Morgan fingerprint density at radius 2 is 1.71 bits per heavy atom. The molecular weight excluding hydrogens is 278 g/mol. The van der Waals surface area contributed by atoms with Crippen LogP contribution in [-0.2, 0) is 0 Å². The first-order chi connectivity index (χ1) is 9.94. The van der Waals surface area contributed by atoms with Crippen LogP contribution in [0.15, 0.2) is 36.4 Å². The highest BCUT2D eigenvalue weighted by Gasteiger charge is 2.10. The van der Waals surface area contributed by atoms with Gasteiger partial charge in [0.2, 0.25) is 11.9 Å². The maximum Gasteiger partial charge on any atom is 0.255 e. The number of nitrogens with zero attached hydrogens (tertiary/aromatic N) is 1. The number of amides is 1. The van der Waals surface area contributed by atoms with Gasteiger partial charge in [0.05, 0.1) is 6.10 Å². The van der Waals surface area contributed by atoms with Crippen LogP contribution in [0.2, 0.25) is 0 Å². The first kappa shape index (κ1) is 14.9. The third-order valence-electron chi connectivity index (χ3n) is 2.51. The fourth-order valence-corrected chi connectivity index (χ4v) is 1.69. The quantitative estimate of drug-likeness (QED) is 0.879. The Morgan fingerprint density at radius 1 is 1.14 bits per heavy atom. The van der Waals surface area contributed by atoms with Crippen molar-refractivity contribution in [3.05, 3.63) is 53.9 Å². The molecule has 0 unspecified atom stereocenters. The number of aromatic nitrogens is 1. The summed E-state index contributed by atoms with van der Waals surface area (Å²) in [7, 11) is 0. The van der Waals surface area contributed by atoms with Crippen LogP contribution in [0.1, 0.15) is 24.2 Å². The third kappa shape index (κ3) is 4.24. The van der Waals surface area contributed by atoms with E-state index >= 15 is 0 Å². The number of hydrogen-bond acceptors (Lipinski definition) is 3. The summed E-state index contributed by atoms with van der Waals surface area (Å²) >= 11 is 0. The normalized spacial score (nSPS) is 10.5. The van der Waals surface area contributed by atoms with E-state index in [1.165, 1.54) is 0 Å². The number of rotatable bonds is 4. The molecule has 0 aliphatic carbocycles. The molecule has 4 nitrogen and oxygen atoms in total. The van der Waals surface area contributed by atoms with E-state index < -0.39 is 17.8 Å². The summed E-state index contributed by atoms with van der Waals surface area (Å²) in [6.07, 6.45) is 0.0493. The Labute approximate surface area is 120 Å². The first-order valence-electron chi connectivity index (χ1n) is 6.35. The molecule has 1 aromatic carbocycles. The summed E-state index contributed by atoms with van der Waals surface area (Å²) < 4.78 is 31.4. The molecule has 1 aromatic heterocycles. The number of pyridine rings is 1. The van der Waals surface area contributed by atoms with Crippen molar-refractivity contribution in [2.45, 2.75) is 20.0 Å². The minimum atomic E-state index is -1.04. The number of anilines is 1. The molecular formula is C15H14F2N2O2. The molecule has 0 radical (unpaired) electrons. The minimum Gasteiger partial charge on any atom is -0.491 e. The van der Waals surface area contributed by atoms with Gasteiger partial charge in [-0.2, -0.15) is 13.8 Å². The highest BCUT2D eigenvalue weighted by molar-refractivity contribution is 6.04. The van der Waals surface area contributed by atoms with Gasteiger partial charge in [-0.15, -0.1) is 0 Å². The number of nitrogens with one attached hydrogen (secondary N) is 1. The molecule has 0 fully saturated rings. The lowest BCUT2D eigenvalue weighted by atomic mass is 10.2. The molecule has 2 aromatic rings. The number of hydrogen-bond donors (Lipinski definition) is 1. The number of halogens is 2. The Balaban J connectivity index is 2.08. The van der Waals surface area contributed by atoms with E-state index in [1.54, 1.807) is 24.3 Å². The standard InChI is InChI=1S/C15H14F2N2O2/c1-9(2)21-12-5-3-11(4-6-12)18-15(20)10-7-13(16)19-14(17)8-10/h3-9H,1-2H3,(H,18,20). The van der Waals surface area contributed by atoms with Gasteiger partial charge < -0.3 is 10.1 Å². The van der Waals surface area contributed by atoms with Gasteiger partial charge in [-0.25, -0.2) is 0 Å². The smallest absolute Gasteiger partial charge is 0.255 e. The molecule has 1 amide bonds. The summed E-state index contributed by atoms with van der Waals surface area (Å²) in [6, 6.07) is 8.42. The van der Waals surface area contributed by atoms with Crippen LogP contribution >= 0.6 is 0 Å². The van der Waals surface area contributed by atoms with Gasteiger partial charge in [-0.1, -0.05) is 0 Å². The molecule has 1 N–H and O–H groups in total. The molecule has 0 bridgehead atoms. The Morgan fingerprint density at radius 3 is 2.24 bits per heavy atom. The van der Waals surface area contributed by atoms with Crippen molar-refractivity contribution in [1.82, 2.24) is 4.98 Å². The zero-order chi connectivity index (χ0) is 15.4. The lowest BCUT2D eigenvalue weighted by Crippen LogP contribution is -2.13. The molecule has 0 spiro atoms. The van der Waals surface area contributed by atoms with Crippen molar-refractivity contribution < 1.29 is 18.3 Å². The molecule has 0 atom stereocenters. The van der Waals surface area contributed by atoms with Crippen LogP contribution < -0.4 is 10.1 Å². The number of ether oxygens (including phenoxy) is 1. The fraction of sp³-hybridized carbons (Fsp3) is 0.200. The van der Waals surface area contributed by atoms with Gasteiger partial charge in [0.15, 0.2) is 0 Å². The average molecular weight is 292 g/mol. The van der Waals surface area contributed by atoms with Crippen LogP contribution in [0, 0.1) is 11.9 Å². The molecule has 0 aliphatic rings. The summed E-state index contributed by atoms with van der Waals surface area (Å²) in [4.78, 5) is 14.8. The van der Waals surface area contributed by atoms with Crippen LogP contribution in [0.4, 0.5) is 14.5 Å². The van der Waals surface area contributed by atoms with Gasteiger partial charge in [0.25, 0.3) is 5.91 Å². The molecule has 110 valence electrons. The monoisotopic (exact) mass is 292 g/mol. The summed E-state index contributed by atoms with van der Waals surface area (Å²) in [5.41, 5.74) is 0.358. The van der Waals surface area contributed by atoms with Gasteiger partial charge in [-0.3, -0.25) is 4.79 Å². The van der Waals surface area contributed by atoms with E-state index in [2.05, 4.69) is 10.3 Å². The lowest BCUT2D eigenvalue weighted by Gasteiger charge is -2.10. The van der Waals surface area contributed by atoms with Gasteiger partial charge in [0.1, 0.15) is 5.75 Å². The zero-order valence-corrected chi connectivity index (χ0v) is 11.6. The molecule has 0 saturated heterocycles. The van der Waals surface area contributed by atoms with E-state index in [0.717, 1.165) is 12.1 Å². The first-order valence-corrected chi connectivity index (χ1v) is 6.35. The van der Waals surface area contributed by atoms with Crippen molar-refractivity contribution >= 4 is 11.6 Å². The topological polar surface area (TPSA) is 51.2 Å². The summed E-state index contributed by atoms with van der Waals surface area (Å²) in [6.45, 7) is 3.81. The number of benzene rings is 1. The predicted molar refractivity (Wildman–Crippen MR) is 74.3 cm³/mol. The second kappa shape index (κ2) is 6.30. The molecule has 1 heterocycles. The molecule has 6 heteroatoms. The highest BCUT2D eigenvalue weighted by atomic mass is 19.1. The largest absolute Gasteiger partial charge is 0.491 e. The molecule has 0 saturated carbocycles. The maximum atomic E-state index is 13.0. The molecule has 21 heavy (non-hydrogen) atoms. The molecule has 0 aliphatic heterocycles.